The van der Waals surface area contributed by atoms with Gasteiger partial charge in [0.15, 0.2) is 0 Å². The number of carbonyl (C=O) groups excluding carboxylic acids is 1. The molecule has 4 rings (SSSR count). The average Bonchev–Trinajstić information content (AvgIpc) is 3.01. The molecule has 0 saturated carbocycles. The topological polar surface area (TPSA) is 75.7 Å². The Morgan fingerprint density at radius 2 is 1.84 bits per heavy atom. The molecular weight excluding hydrogens is 448 g/mol. The Morgan fingerprint density at radius 3 is 2.59 bits per heavy atom. The van der Waals surface area contributed by atoms with E-state index in [9.17, 15) is 13.2 Å². The van der Waals surface area contributed by atoms with Gasteiger partial charge in [0.1, 0.15) is 17.3 Å². The minimum absolute atomic E-state index is 0.0529. The summed E-state index contributed by atoms with van der Waals surface area (Å²) in [7, 11) is -3.82. The fourth-order valence-corrected chi connectivity index (χ4v) is 5.40. The van der Waals surface area contributed by atoms with E-state index in [1.165, 1.54) is 10.4 Å². The van der Waals surface area contributed by atoms with Crippen LogP contribution in [0.4, 0.5) is 0 Å². The zero-order valence-electron chi connectivity index (χ0n) is 17.5. The molecule has 3 aromatic carbocycles. The zero-order valence-corrected chi connectivity index (χ0v) is 19.1. The maximum Gasteiger partial charge on any atom is 0.251 e. The van der Waals surface area contributed by atoms with Crippen molar-refractivity contribution < 1.29 is 17.9 Å². The molecule has 0 spiro atoms. The first-order chi connectivity index (χ1) is 15.3. The van der Waals surface area contributed by atoms with Gasteiger partial charge in [-0.1, -0.05) is 53.6 Å². The summed E-state index contributed by atoms with van der Waals surface area (Å²) < 4.78 is 33.4. The lowest BCUT2D eigenvalue weighted by atomic mass is 10.1. The van der Waals surface area contributed by atoms with E-state index in [2.05, 4.69) is 5.32 Å². The van der Waals surface area contributed by atoms with Gasteiger partial charge < -0.3 is 10.1 Å². The van der Waals surface area contributed by atoms with Crippen LogP contribution in [-0.2, 0) is 23.1 Å². The molecule has 8 heteroatoms. The number of rotatable bonds is 5. The summed E-state index contributed by atoms with van der Waals surface area (Å²) in [5.41, 5.74) is 3.22. The molecule has 0 aliphatic carbocycles. The summed E-state index contributed by atoms with van der Waals surface area (Å²) in [5.74, 6) is 0.329. The maximum atomic E-state index is 13.2. The van der Waals surface area contributed by atoms with E-state index in [-0.39, 0.29) is 35.5 Å². The third-order valence-electron chi connectivity index (χ3n) is 5.30. The van der Waals surface area contributed by atoms with Gasteiger partial charge in [0.05, 0.1) is 5.02 Å². The lowest BCUT2D eigenvalue weighted by molar-refractivity contribution is 0.0950. The van der Waals surface area contributed by atoms with Crippen molar-refractivity contribution in [3.63, 3.8) is 0 Å². The highest BCUT2D eigenvalue weighted by atomic mass is 35.5. The van der Waals surface area contributed by atoms with Crippen LogP contribution in [0.5, 0.6) is 5.75 Å². The van der Waals surface area contributed by atoms with Crippen LogP contribution in [0, 0.1) is 6.92 Å². The lowest BCUT2D eigenvalue weighted by Crippen LogP contribution is -2.32. The second-order valence-electron chi connectivity index (χ2n) is 7.61. The largest absolute Gasteiger partial charge is 0.492 e. The third-order valence-corrected chi connectivity index (χ3v) is 7.64. The summed E-state index contributed by atoms with van der Waals surface area (Å²) in [5, 5.41) is 3.07. The van der Waals surface area contributed by atoms with E-state index in [4.69, 9.17) is 16.3 Å². The van der Waals surface area contributed by atoms with Gasteiger partial charge in [-0.2, -0.15) is 4.31 Å². The minimum Gasteiger partial charge on any atom is -0.492 e. The first-order valence-corrected chi connectivity index (χ1v) is 12.0. The number of amides is 1. The van der Waals surface area contributed by atoms with Crippen LogP contribution in [0.1, 0.15) is 27.0 Å². The van der Waals surface area contributed by atoms with Crippen LogP contribution in [0.15, 0.2) is 71.6 Å². The zero-order chi connectivity index (χ0) is 22.7. The molecule has 0 aromatic heterocycles. The number of carbonyl (C=O) groups is 1. The molecule has 1 heterocycles. The molecule has 0 fully saturated rings. The molecule has 1 amide bonds. The molecular formula is C24H23ClN2O4S. The van der Waals surface area contributed by atoms with Gasteiger partial charge in [-0.25, -0.2) is 8.42 Å². The average molecular weight is 471 g/mol. The molecule has 0 radical (unpaired) electrons. The van der Waals surface area contributed by atoms with E-state index in [0.29, 0.717) is 23.4 Å². The number of nitrogens with one attached hydrogen (secondary N) is 1. The van der Waals surface area contributed by atoms with Crippen LogP contribution in [0.3, 0.4) is 0 Å². The van der Waals surface area contributed by atoms with Crippen molar-refractivity contribution in [3.8, 4) is 5.75 Å². The summed E-state index contributed by atoms with van der Waals surface area (Å²) in [6.45, 7) is 2.88. The maximum absolute atomic E-state index is 13.2. The van der Waals surface area contributed by atoms with E-state index < -0.39 is 10.0 Å². The molecule has 3 aromatic rings. The normalized spacial score (nSPS) is 14.2. The molecule has 1 aliphatic heterocycles. The Kier molecular flexibility index (Phi) is 6.50. The van der Waals surface area contributed by atoms with Gasteiger partial charge in [0.25, 0.3) is 5.91 Å². The third kappa shape index (κ3) is 4.80. The van der Waals surface area contributed by atoms with Crippen molar-refractivity contribution in [1.82, 2.24) is 9.62 Å². The number of aryl methyl sites for hydroxylation is 1. The van der Waals surface area contributed by atoms with Crippen molar-refractivity contribution in [2.45, 2.75) is 24.9 Å². The Bertz CT molecular complexity index is 1240. The van der Waals surface area contributed by atoms with Crippen molar-refractivity contribution in [3.05, 3.63) is 94.0 Å². The quantitative estimate of drug-likeness (QED) is 0.607. The van der Waals surface area contributed by atoms with Crippen LogP contribution in [-0.4, -0.2) is 31.8 Å². The molecule has 0 saturated heterocycles. The number of halogens is 1. The van der Waals surface area contributed by atoms with Gasteiger partial charge in [0, 0.05) is 30.8 Å². The molecule has 0 bridgehead atoms. The second kappa shape index (κ2) is 9.32. The highest BCUT2D eigenvalue weighted by molar-refractivity contribution is 7.89. The fourth-order valence-electron chi connectivity index (χ4n) is 3.50. The summed E-state index contributed by atoms with van der Waals surface area (Å²) >= 11 is 6.14. The Morgan fingerprint density at radius 1 is 1.09 bits per heavy atom. The second-order valence-corrected chi connectivity index (χ2v) is 9.92. The molecule has 32 heavy (non-hydrogen) atoms. The van der Waals surface area contributed by atoms with E-state index in [0.717, 1.165) is 11.1 Å². The number of nitrogens with zero attached hydrogens (tertiary/aromatic N) is 1. The van der Waals surface area contributed by atoms with E-state index in [1.54, 1.807) is 36.4 Å². The number of ether oxygens (including phenoxy) is 1. The standard InChI is InChI=1S/C24H23ClN2O4S/c1-17-6-8-18(9-7-17)15-26-24(28)19-10-11-22-20(14-19)16-27(12-13-31-22)32(29,30)23-5-3-2-4-21(23)25/h2-11,14H,12-13,15-16H2,1H3,(H,26,28). The van der Waals surface area contributed by atoms with Gasteiger partial charge in [-0.05, 0) is 42.8 Å². The van der Waals surface area contributed by atoms with Gasteiger partial charge in [-0.3, -0.25) is 4.79 Å². The van der Waals surface area contributed by atoms with Gasteiger partial charge in [-0.15, -0.1) is 0 Å². The summed E-state index contributed by atoms with van der Waals surface area (Å²) in [4.78, 5) is 12.8. The van der Waals surface area contributed by atoms with Gasteiger partial charge in [0.2, 0.25) is 10.0 Å². The minimum atomic E-state index is -3.82. The van der Waals surface area contributed by atoms with Crippen molar-refractivity contribution >= 4 is 27.5 Å². The Hall–Kier alpha value is -2.87. The predicted molar refractivity (Wildman–Crippen MR) is 123 cm³/mol. The number of sulfonamides is 1. The summed E-state index contributed by atoms with van der Waals surface area (Å²) in [6, 6.07) is 19.4. The summed E-state index contributed by atoms with van der Waals surface area (Å²) in [6.07, 6.45) is 0. The SMILES string of the molecule is Cc1ccc(CNC(=O)c2ccc3c(c2)CN(S(=O)(=O)c2ccccc2Cl)CCO3)cc1. The van der Waals surface area contributed by atoms with Crippen LogP contribution in [0.25, 0.3) is 0 Å². The molecule has 1 aliphatic rings. The Labute approximate surface area is 192 Å². The van der Waals surface area contributed by atoms with Crippen LogP contribution in [0.2, 0.25) is 5.02 Å². The first kappa shape index (κ1) is 22.3. The van der Waals surface area contributed by atoms with E-state index >= 15 is 0 Å². The molecule has 166 valence electrons. The monoisotopic (exact) mass is 470 g/mol. The van der Waals surface area contributed by atoms with Crippen molar-refractivity contribution in [2.24, 2.45) is 0 Å². The molecule has 0 unspecified atom stereocenters. The highest BCUT2D eigenvalue weighted by Crippen LogP contribution is 2.30. The molecule has 0 atom stereocenters. The number of fused-ring (bicyclic) bond motifs is 1. The number of hydrogen-bond acceptors (Lipinski definition) is 4. The number of hydrogen-bond donors (Lipinski definition) is 1. The highest BCUT2D eigenvalue weighted by Gasteiger charge is 2.29. The smallest absolute Gasteiger partial charge is 0.251 e. The van der Waals surface area contributed by atoms with Crippen LogP contribution < -0.4 is 10.1 Å². The fraction of sp³-hybridized carbons (Fsp3) is 0.208. The van der Waals surface area contributed by atoms with Crippen molar-refractivity contribution in [2.75, 3.05) is 13.2 Å². The molecule has 1 N–H and O–H groups in total. The lowest BCUT2D eigenvalue weighted by Gasteiger charge is -2.20. The first-order valence-electron chi connectivity index (χ1n) is 10.2. The predicted octanol–water partition coefficient (Wildman–Crippen LogP) is 4.16. The van der Waals surface area contributed by atoms with Crippen molar-refractivity contribution in [1.29, 1.82) is 0 Å². The van der Waals surface area contributed by atoms with Gasteiger partial charge >= 0.3 is 0 Å². The number of benzene rings is 3. The molecule has 6 nitrogen and oxygen atoms in total. The van der Waals surface area contributed by atoms with E-state index in [1.807, 2.05) is 31.2 Å². The Balaban J connectivity index is 1.54. The van der Waals surface area contributed by atoms with Crippen LogP contribution >= 0.6 is 11.6 Å².